The van der Waals surface area contributed by atoms with E-state index < -0.39 is 0 Å². The first-order valence-electron chi connectivity index (χ1n) is 10.2. The third-order valence-corrected chi connectivity index (χ3v) is 5.94. The number of aromatic nitrogens is 1. The number of anilines is 2. The van der Waals surface area contributed by atoms with Gasteiger partial charge in [-0.25, -0.2) is 9.78 Å². The van der Waals surface area contributed by atoms with Gasteiger partial charge in [0.25, 0.3) is 5.91 Å². The number of benzene rings is 2. The van der Waals surface area contributed by atoms with Crippen LogP contribution in [0.3, 0.4) is 0 Å². The van der Waals surface area contributed by atoms with Gasteiger partial charge in [-0.1, -0.05) is 24.3 Å². The Morgan fingerprint density at radius 1 is 0.968 bits per heavy atom. The van der Waals surface area contributed by atoms with E-state index in [2.05, 4.69) is 25.9 Å². The maximum Gasteiger partial charge on any atom is 0.321 e. The lowest BCUT2D eigenvalue weighted by atomic mass is 10.2. The Hall–Kier alpha value is -3.23. The van der Waals surface area contributed by atoms with E-state index in [4.69, 9.17) is 0 Å². The molecule has 4 rings (SSSR count). The van der Waals surface area contributed by atoms with E-state index in [0.717, 1.165) is 30.3 Å². The van der Waals surface area contributed by atoms with Crippen molar-refractivity contribution < 1.29 is 9.59 Å². The Bertz CT molecular complexity index is 1040. The predicted octanol–water partition coefficient (Wildman–Crippen LogP) is 4.05. The molecule has 0 atom stereocenters. The SMILES string of the molecule is Cc1nc(CN2CCN(C(=O)Nc3cccc(NC(=O)c4ccccc4)c3)CC2)cs1. The summed E-state index contributed by atoms with van der Waals surface area (Å²) in [6.45, 7) is 5.80. The summed E-state index contributed by atoms with van der Waals surface area (Å²) in [5.41, 5.74) is 2.96. The van der Waals surface area contributed by atoms with Crippen LogP contribution in [-0.2, 0) is 6.54 Å². The molecular formula is C23H25N5O2S. The van der Waals surface area contributed by atoms with E-state index in [1.807, 2.05) is 42.2 Å². The normalized spacial score (nSPS) is 14.3. The molecule has 1 saturated heterocycles. The van der Waals surface area contributed by atoms with Crippen molar-refractivity contribution in [1.29, 1.82) is 0 Å². The molecule has 1 fully saturated rings. The molecule has 0 aliphatic carbocycles. The zero-order chi connectivity index (χ0) is 21.6. The highest BCUT2D eigenvalue weighted by Gasteiger charge is 2.21. The molecule has 0 unspecified atom stereocenters. The Morgan fingerprint density at radius 2 is 1.68 bits per heavy atom. The number of urea groups is 1. The molecular weight excluding hydrogens is 410 g/mol. The van der Waals surface area contributed by atoms with Gasteiger partial charge < -0.3 is 15.5 Å². The molecule has 1 aliphatic rings. The van der Waals surface area contributed by atoms with Gasteiger partial charge in [0.2, 0.25) is 0 Å². The maximum absolute atomic E-state index is 12.7. The average molecular weight is 436 g/mol. The molecule has 0 saturated carbocycles. The summed E-state index contributed by atoms with van der Waals surface area (Å²) in [6, 6.07) is 16.1. The first-order chi connectivity index (χ1) is 15.1. The first-order valence-corrected chi connectivity index (χ1v) is 11.1. The molecule has 0 bridgehead atoms. The predicted molar refractivity (Wildman–Crippen MR) is 124 cm³/mol. The van der Waals surface area contributed by atoms with Crippen molar-refractivity contribution in [2.75, 3.05) is 36.8 Å². The van der Waals surface area contributed by atoms with Crippen molar-refractivity contribution >= 4 is 34.6 Å². The molecule has 0 spiro atoms. The van der Waals surface area contributed by atoms with Crippen molar-refractivity contribution in [2.24, 2.45) is 0 Å². The van der Waals surface area contributed by atoms with Crippen molar-refractivity contribution in [3.05, 3.63) is 76.2 Å². The number of piperazine rings is 1. The Labute approximate surface area is 185 Å². The minimum Gasteiger partial charge on any atom is -0.322 e. The monoisotopic (exact) mass is 435 g/mol. The van der Waals surface area contributed by atoms with E-state index in [0.29, 0.717) is 30.0 Å². The first kappa shape index (κ1) is 21.0. The number of hydrogen-bond acceptors (Lipinski definition) is 5. The Morgan fingerprint density at radius 3 is 2.35 bits per heavy atom. The van der Waals surface area contributed by atoms with Crippen LogP contribution in [0.15, 0.2) is 60.0 Å². The number of aryl methyl sites for hydroxylation is 1. The summed E-state index contributed by atoms with van der Waals surface area (Å²) in [5.74, 6) is -0.185. The summed E-state index contributed by atoms with van der Waals surface area (Å²) in [6.07, 6.45) is 0. The number of hydrogen-bond donors (Lipinski definition) is 2. The fraction of sp³-hybridized carbons (Fsp3) is 0.261. The van der Waals surface area contributed by atoms with E-state index in [9.17, 15) is 9.59 Å². The molecule has 2 aromatic carbocycles. The number of thiazole rings is 1. The fourth-order valence-electron chi connectivity index (χ4n) is 3.49. The summed E-state index contributed by atoms with van der Waals surface area (Å²) < 4.78 is 0. The van der Waals surface area contributed by atoms with Crippen LogP contribution in [0.1, 0.15) is 21.1 Å². The molecule has 2 heterocycles. The number of nitrogens with zero attached hydrogens (tertiary/aromatic N) is 3. The van der Waals surface area contributed by atoms with Gasteiger partial charge in [-0.3, -0.25) is 9.69 Å². The van der Waals surface area contributed by atoms with Gasteiger partial charge in [0.1, 0.15) is 0 Å². The minimum absolute atomic E-state index is 0.129. The second kappa shape index (κ2) is 9.72. The third kappa shape index (κ3) is 5.68. The minimum atomic E-state index is -0.185. The number of rotatable bonds is 5. The van der Waals surface area contributed by atoms with E-state index in [-0.39, 0.29) is 11.9 Å². The van der Waals surface area contributed by atoms with Gasteiger partial charge in [0.05, 0.1) is 10.7 Å². The maximum atomic E-state index is 12.7. The molecule has 8 heteroatoms. The Balaban J connectivity index is 1.29. The zero-order valence-electron chi connectivity index (χ0n) is 17.4. The molecule has 2 N–H and O–H groups in total. The summed E-state index contributed by atoms with van der Waals surface area (Å²) >= 11 is 1.66. The van der Waals surface area contributed by atoms with Gasteiger partial charge in [0, 0.05) is 55.0 Å². The van der Waals surface area contributed by atoms with Crippen molar-refractivity contribution in [1.82, 2.24) is 14.8 Å². The van der Waals surface area contributed by atoms with Gasteiger partial charge in [-0.05, 0) is 37.3 Å². The summed E-state index contributed by atoms with van der Waals surface area (Å²) in [5, 5.41) is 8.98. The standard InChI is InChI=1S/C23H25N5O2S/c1-17-24-21(16-31-17)15-27-10-12-28(13-11-27)23(30)26-20-9-5-8-19(14-20)25-22(29)18-6-3-2-4-7-18/h2-9,14,16H,10-13,15H2,1H3,(H,25,29)(H,26,30). The molecule has 31 heavy (non-hydrogen) atoms. The highest BCUT2D eigenvalue weighted by atomic mass is 32.1. The highest BCUT2D eigenvalue weighted by Crippen LogP contribution is 2.18. The van der Waals surface area contributed by atoms with Crippen LogP contribution in [0.2, 0.25) is 0 Å². The van der Waals surface area contributed by atoms with Crippen molar-refractivity contribution in [3.8, 4) is 0 Å². The lowest BCUT2D eigenvalue weighted by Crippen LogP contribution is -2.49. The van der Waals surface area contributed by atoms with E-state index >= 15 is 0 Å². The van der Waals surface area contributed by atoms with Crippen molar-refractivity contribution in [2.45, 2.75) is 13.5 Å². The van der Waals surface area contributed by atoms with Gasteiger partial charge in [-0.15, -0.1) is 11.3 Å². The zero-order valence-corrected chi connectivity index (χ0v) is 18.2. The highest BCUT2D eigenvalue weighted by molar-refractivity contribution is 7.09. The molecule has 1 aliphatic heterocycles. The van der Waals surface area contributed by atoms with Crippen molar-refractivity contribution in [3.63, 3.8) is 0 Å². The molecule has 0 radical (unpaired) electrons. The largest absolute Gasteiger partial charge is 0.322 e. The molecule has 3 aromatic rings. The van der Waals surface area contributed by atoms with Crippen LogP contribution in [0.5, 0.6) is 0 Å². The van der Waals surface area contributed by atoms with Crippen LogP contribution in [0.25, 0.3) is 0 Å². The second-order valence-electron chi connectivity index (χ2n) is 7.45. The van der Waals surface area contributed by atoms with Gasteiger partial charge in [0.15, 0.2) is 0 Å². The van der Waals surface area contributed by atoms with Gasteiger partial charge in [-0.2, -0.15) is 0 Å². The van der Waals surface area contributed by atoms with Crippen LogP contribution in [-0.4, -0.2) is 52.9 Å². The van der Waals surface area contributed by atoms with Gasteiger partial charge >= 0.3 is 6.03 Å². The molecule has 3 amide bonds. The van der Waals surface area contributed by atoms with Crippen LogP contribution in [0, 0.1) is 6.92 Å². The lowest BCUT2D eigenvalue weighted by molar-refractivity contribution is 0.102. The number of nitrogens with one attached hydrogen (secondary N) is 2. The van der Waals surface area contributed by atoms with Crippen LogP contribution < -0.4 is 10.6 Å². The topological polar surface area (TPSA) is 77.6 Å². The summed E-state index contributed by atoms with van der Waals surface area (Å²) in [7, 11) is 0. The van der Waals surface area contributed by atoms with Crippen LogP contribution >= 0.6 is 11.3 Å². The summed E-state index contributed by atoms with van der Waals surface area (Å²) in [4.78, 5) is 33.7. The average Bonchev–Trinajstić information content (AvgIpc) is 3.19. The number of carbonyl (C=O) groups excluding carboxylic acids is 2. The number of carbonyl (C=O) groups is 2. The van der Waals surface area contributed by atoms with E-state index in [1.54, 1.807) is 35.6 Å². The fourth-order valence-corrected chi connectivity index (χ4v) is 4.09. The third-order valence-electron chi connectivity index (χ3n) is 5.12. The second-order valence-corrected chi connectivity index (χ2v) is 8.51. The smallest absolute Gasteiger partial charge is 0.321 e. The molecule has 1 aromatic heterocycles. The molecule has 160 valence electrons. The quantitative estimate of drug-likeness (QED) is 0.634. The number of amides is 3. The lowest BCUT2D eigenvalue weighted by Gasteiger charge is -2.34. The van der Waals surface area contributed by atoms with Crippen LogP contribution in [0.4, 0.5) is 16.2 Å². The molecule has 7 nitrogen and oxygen atoms in total. The Kier molecular flexibility index (Phi) is 6.59. The van der Waals surface area contributed by atoms with E-state index in [1.165, 1.54) is 0 Å².